The first-order chi connectivity index (χ1) is 5.74. The van der Waals surface area contributed by atoms with E-state index in [1.807, 2.05) is 0 Å². The number of ether oxygens (including phenoxy) is 1. The summed E-state index contributed by atoms with van der Waals surface area (Å²) in [6.45, 7) is 0. The summed E-state index contributed by atoms with van der Waals surface area (Å²) < 4.78 is 4.35. The highest BCUT2D eigenvalue weighted by Crippen LogP contribution is 2.00. The number of esters is 1. The molecule has 1 rings (SSSR count). The molecule has 4 heteroatoms. The summed E-state index contributed by atoms with van der Waals surface area (Å²) in [6.07, 6.45) is 1.42. The second-order valence-electron chi connectivity index (χ2n) is 2.26. The van der Waals surface area contributed by atoms with Crippen LogP contribution in [0.1, 0.15) is 16.9 Å². The monoisotopic (exact) mass is 167 g/mol. The SMILES string of the molecule is COC(=O)CC(=O)c1ccc[nH]1. The van der Waals surface area contributed by atoms with Gasteiger partial charge in [-0.3, -0.25) is 9.59 Å². The van der Waals surface area contributed by atoms with Gasteiger partial charge in [-0.15, -0.1) is 0 Å². The molecule has 1 heterocycles. The molecule has 0 aliphatic rings. The zero-order valence-electron chi connectivity index (χ0n) is 6.66. The van der Waals surface area contributed by atoms with Gasteiger partial charge in [0.1, 0.15) is 6.42 Å². The number of rotatable bonds is 3. The molecule has 0 fully saturated rings. The van der Waals surface area contributed by atoms with E-state index < -0.39 is 5.97 Å². The number of nitrogens with one attached hydrogen (secondary N) is 1. The molecule has 0 aromatic carbocycles. The van der Waals surface area contributed by atoms with E-state index in [-0.39, 0.29) is 12.2 Å². The van der Waals surface area contributed by atoms with Gasteiger partial charge in [-0.25, -0.2) is 0 Å². The second-order valence-corrected chi connectivity index (χ2v) is 2.26. The lowest BCUT2D eigenvalue weighted by molar-refractivity contribution is -0.139. The summed E-state index contributed by atoms with van der Waals surface area (Å²) >= 11 is 0. The molecular weight excluding hydrogens is 158 g/mol. The highest BCUT2D eigenvalue weighted by atomic mass is 16.5. The average molecular weight is 167 g/mol. The van der Waals surface area contributed by atoms with Gasteiger partial charge in [0.15, 0.2) is 5.78 Å². The van der Waals surface area contributed by atoms with Gasteiger partial charge in [-0.2, -0.15) is 0 Å². The van der Waals surface area contributed by atoms with Gasteiger partial charge in [0.2, 0.25) is 0 Å². The maximum absolute atomic E-state index is 11.1. The predicted octanol–water partition coefficient (Wildman–Crippen LogP) is 0.760. The fourth-order valence-electron chi connectivity index (χ4n) is 0.802. The molecule has 1 aromatic rings. The largest absolute Gasteiger partial charge is 0.469 e. The van der Waals surface area contributed by atoms with Crippen molar-refractivity contribution in [3.05, 3.63) is 24.0 Å². The molecule has 0 spiro atoms. The molecule has 0 saturated heterocycles. The molecule has 0 unspecified atom stereocenters. The Morgan fingerprint density at radius 3 is 2.83 bits per heavy atom. The third kappa shape index (κ3) is 1.95. The van der Waals surface area contributed by atoms with E-state index in [9.17, 15) is 9.59 Å². The maximum atomic E-state index is 11.1. The molecule has 0 radical (unpaired) electrons. The van der Waals surface area contributed by atoms with E-state index in [1.165, 1.54) is 7.11 Å². The molecule has 0 amide bonds. The number of aromatic amines is 1. The molecule has 0 aliphatic heterocycles. The molecule has 1 aromatic heterocycles. The van der Waals surface area contributed by atoms with Crippen molar-refractivity contribution in [2.75, 3.05) is 7.11 Å². The Balaban J connectivity index is 2.56. The van der Waals surface area contributed by atoms with Crippen LogP contribution in [0.4, 0.5) is 0 Å². The van der Waals surface area contributed by atoms with Crippen LogP contribution < -0.4 is 0 Å². The maximum Gasteiger partial charge on any atom is 0.313 e. The molecule has 64 valence electrons. The fraction of sp³-hybridized carbons (Fsp3) is 0.250. The number of carbonyl (C=O) groups is 2. The number of ketones is 1. The van der Waals surface area contributed by atoms with Gasteiger partial charge in [0.05, 0.1) is 12.8 Å². The first kappa shape index (κ1) is 8.52. The van der Waals surface area contributed by atoms with Crippen molar-refractivity contribution in [1.29, 1.82) is 0 Å². The standard InChI is InChI=1S/C8H9NO3/c1-12-8(11)5-7(10)6-3-2-4-9-6/h2-4,9H,5H2,1H3. The lowest BCUT2D eigenvalue weighted by Gasteiger charge is -1.95. The second kappa shape index (κ2) is 3.71. The number of carbonyl (C=O) groups excluding carboxylic acids is 2. The van der Waals surface area contributed by atoms with Crippen LogP contribution in [0, 0.1) is 0 Å². The molecule has 0 bridgehead atoms. The number of H-pyrrole nitrogens is 1. The molecule has 4 nitrogen and oxygen atoms in total. The summed E-state index contributed by atoms with van der Waals surface area (Å²) in [7, 11) is 1.25. The van der Waals surface area contributed by atoms with Crippen LogP contribution in [0.25, 0.3) is 0 Å². The molecule has 12 heavy (non-hydrogen) atoms. The first-order valence-electron chi connectivity index (χ1n) is 3.47. The Morgan fingerprint density at radius 2 is 2.33 bits per heavy atom. The van der Waals surface area contributed by atoms with Crippen LogP contribution in [0.3, 0.4) is 0 Å². The van der Waals surface area contributed by atoms with Crippen molar-refractivity contribution in [3.8, 4) is 0 Å². The zero-order valence-corrected chi connectivity index (χ0v) is 6.66. The van der Waals surface area contributed by atoms with E-state index in [0.29, 0.717) is 5.69 Å². The van der Waals surface area contributed by atoms with E-state index in [4.69, 9.17) is 0 Å². The lowest BCUT2D eigenvalue weighted by Crippen LogP contribution is -2.09. The van der Waals surface area contributed by atoms with Crippen LogP contribution in [-0.4, -0.2) is 23.8 Å². The summed E-state index contributed by atoms with van der Waals surface area (Å²) in [4.78, 5) is 24.5. The number of methoxy groups -OCH3 is 1. The van der Waals surface area contributed by atoms with Crippen molar-refractivity contribution in [1.82, 2.24) is 4.98 Å². The molecular formula is C8H9NO3. The Morgan fingerprint density at radius 1 is 1.58 bits per heavy atom. The van der Waals surface area contributed by atoms with Gasteiger partial charge in [0.25, 0.3) is 0 Å². The minimum atomic E-state index is -0.519. The fourth-order valence-corrected chi connectivity index (χ4v) is 0.802. The van der Waals surface area contributed by atoms with Gasteiger partial charge in [-0.1, -0.05) is 0 Å². The Bertz CT molecular complexity index is 277. The predicted molar refractivity (Wildman–Crippen MR) is 41.8 cm³/mol. The zero-order chi connectivity index (χ0) is 8.97. The first-order valence-corrected chi connectivity index (χ1v) is 3.47. The Labute approximate surface area is 69.5 Å². The van der Waals surface area contributed by atoms with Gasteiger partial charge in [-0.05, 0) is 12.1 Å². The van der Waals surface area contributed by atoms with Gasteiger partial charge >= 0.3 is 5.97 Å². The quantitative estimate of drug-likeness (QED) is 0.410. The Hall–Kier alpha value is -1.58. The number of Topliss-reactive ketones (excluding diaryl/α,β-unsaturated/α-hetero) is 1. The van der Waals surface area contributed by atoms with Crippen molar-refractivity contribution < 1.29 is 14.3 Å². The summed E-state index contributed by atoms with van der Waals surface area (Å²) in [5, 5.41) is 0. The van der Waals surface area contributed by atoms with Crippen LogP contribution in [0.15, 0.2) is 18.3 Å². The van der Waals surface area contributed by atoms with Gasteiger partial charge in [0, 0.05) is 6.20 Å². The Kier molecular flexibility index (Phi) is 2.63. The highest BCUT2D eigenvalue weighted by molar-refractivity contribution is 6.04. The third-order valence-corrected chi connectivity index (χ3v) is 1.43. The van der Waals surface area contributed by atoms with Crippen molar-refractivity contribution >= 4 is 11.8 Å². The molecule has 0 saturated carbocycles. The van der Waals surface area contributed by atoms with E-state index in [0.717, 1.165) is 0 Å². The van der Waals surface area contributed by atoms with Crippen LogP contribution in [-0.2, 0) is 9.53 Å². The summed E-state index contributed by atoms with van der Waals surface area (Å²) in [5.74, 6) is -0.776. The molecule has 0 atom stereocenters. The van der Waals surface area contributed by atoms with Crippen molar-refractivity contribution in [2.45, 2.75) is 6.42 Å². The molecule has 0 aliphatic carbocycles. The molecule has 1 N–H and O–H groups in total. The van der Waals surface area contributed by atoms with Crippen LogP contribution >= 0.6 is 0 Å². The summed E-state index contributed by atoms with van der Waals surface area (Å²) in [5.41, 5.74) is 0.431. The number of hydrogen-bond donors (Lipinski definition) is 1. The normalized spacial score (nSPS) is 9.42. The highest BCUT2D eigenvalue weighted by Gasteiger charge is 2.11. The topological polar surface area (TPSA) is 59.2 Å². The lowest BCUT2D eigenvalue weighted by atomic mass is 10.2. The minimum absolute atomic E-state index is 0.211. The van der Waals surface area contributed by atoms with E-state index >= 15 is 0 Å². The van der Waals surface area contributed by atoms with Crippen LogP contribution in [0.2, 0.25) is 0 Å². The average Bonchev–Trinajstić information content (AvgIpc) is 2.56. The van der Waals surface area contributed by atoms with Gasteiger partial charge < -0.3 is 9.72 Å². The van der Waals surface area contributed by atoms with E-state index in [1.54, 1.807) is 18.3 Å². The summed E-state index contributed by atoms with van der Waals surface area (Å²) in [6, 6.07) is 3.32. The van der Waals surface area contributed by atoms with Crippen molar-refractivity contribution in [3.63, 3.8) is 0 Å². The van der Waals surface area contributed by atoms with E-state index in [2.05, 4.69) is 9.72 Å². The van der Waals surface area contributed by atoms with Crippen LogP contribution in [0.5, 0.6) is 0 Å². The number of hydrogen-bond acceptors (Lipinski definition) is 3. The van der Waals surface area contributed by atoms with Crippen molar-refractivity contribution in [2.24, 2.45) is 0 Å². The number of aromatic nitrogens is 1. The smallest absolute Gasteiger partial charge is 0.313 e. The third-order valence-electron chi connectivity index (χ3n) is 1.43. The minimum Gasteiger partial charge on any atom is -0.469 e.